The summed E-state index contributed by atoms with van der Waals surface area (Å²) in [5.41, 5.74) is 0.356. The molecule has 2 fully saturated rings. The van der Waals surface area contributed by atoms with Crippen LogP contribution in [-0.4, -0.2) is 55.0 Å². The van der Waals surface area contributed by atoms with Gasteiger partial charge in [0.05, 0.1) is 0 Å². The predicted molar refractivity (Wildman–Crippen MR) is 122 cm³/mol. The minimum atomic E-state index is -1.34. The van der Waals surface area contributed by atoms with Gasteiger partial charge in [-0.25, -0.2) is 4.79 Å². The molecule has 2 N–H and O–H groups in total. The van der Waals surface area contributed by atoms with Gasteiger partial charge in [-0.15, -0.1) is 0 Å². The minimum absolute atomic E-state index is 0.0428. The van der Waals surface area contributed by atoms with E-state index in [4.69, 9.17) is 9.47 Å². The summed E-state index contributed by atoms with van der Waals surface area (Å²) in [7, 11) is 0. The number of fused-ring (bicyclic) bond motifs is 1. The number of nitrogens with one attached hydrogen (secondary N) is 2. The van der Waals surface area contributed by atoms with Crippen LogP contribution in [0.1, 0.15) is 25.3 Å². The van der Waals surface area contributed by atoms with Crippen LogP contribution in [-0.2, 0) is 19.9 Å². The van der Waals surface area contributed by atoms with Crippen LogP contribution in [0.2, 0.25) is 0 Å². The van der Waals surface area contributed by atoms with Crippen molar-refractivity contribution >= 4 is 35.1 Å². The zero-order valence-electron chi connectivity index (χ0n) is 18.6. The van der Waals surface area contributed by atoms with E-state index in [0.717, 1.165) is 11.3 Å². The maximum atomic E-state index is 13.2. The molecule has 2 aromatic carbocycles. The number of carbonyl (C=O) groups excluding carboxylic acids is 4. The maximum Gasteiger partial charge on any atom is 0.325 e. The number of ether oxygens (including phenoxy) is 2. The largest absolute Gasteiger partial charge is 0.486 e. The molecule has 0 spiro atoms. The molecule has 5 amide bonds. The zero-order chi connectivity index (χ0) is 23.9. The molecule has 0 aliphatic carbocycles. The summed E-state index contributed by atoms with van der Waals surface area (Å²) in [6.45, 7) is 2.62. The monoisotopic (exact) mass is 464 g/mol. The van der Waals surface area contributed by atoms with E-state index in [1.165, 1.54) is 0 Å². The van der Waals surface area contributed by atoms with Crippen LogP contribution in [0.25, 0.3) is 0 Å². The lowest BCUT2D eigenvalue weighted by Crippen LogP contribution is -2.42. The fraction of sp³-hybridized carbons (Fsp3) is 0.333. The van der Waals surface area contributed by atoms with Gasteiger partial charge in [0.15, 0.2) is 11.5 Å². The maximum absolute atomic E-state index is 13.2. The third-order valence-electron chi connectivity index (χ3n) is 6.21. The topological polar surface area (TPSA) is 117 Å². The fourth-order valence-corrected chi connectivity index (χ4v) is 4.41. The first-order valence-electron chi connectivity index (χ1n) is 11.1. The van der Waals surface area contributed by atoms with E-state index in [0.29, 0.717) is 54.6 Å². The number of amides is 5. The average molecular weight is 464 g/mol. The molecule has 3 aliphatic heterocycles. The van der Waals surface area contributed by atoms with Gasteiger partial charge in [-0.1, -0.05) is 12.1 Å². The number of imide groups is 1. The van der Waals surface area contributed by atoms with Crippen molar-refractivity contribution in [3.05, 3.63) is 48.0 Å². The lowest BCUT2D eigenvalue weighted by Gasteiger charge is -2.25. The molecule has 34 heavy (non-hydrogen) atoms. The van der Waals surface area contributed by atoms with Crippen LogP contribution in [0.4, 0.5) is 16.2 Å². The highest BCUT2D eigenvalue weighted by molar-refractivity contribution is 6.10. The first-order chi connectivity index (χ1) is 16.3. The Morgan fingerprint density at radius 1 is 1.09 bits per heavy atom. The Bertz CT molecular complexity index is 1200. The van der Waals surface area contributed by atoms with E-state index in [-0.39, 0.29) is 5.91 Å². The van der Waals surface area contributed by atoms with Crippen molar-refractivity contribution < 1.29 is 28.7 Å². The Kier molecular flexibility index (Phi) is 5.35. The molecule has 5 rings (SSSR count). The molecule has 2 saturated heterocycles. The Morgan fingerprint density at radius 2 is 1.88 bits per heavy atom. The van der Waals surface area contributed by atoms with E-state index in [9.17, 15) is 19.2 Å². The SMILES string of the molecule is CC1(c2ccc3c(c2)OCCO3)NC(=O)N(CC(=O)Nc2cccc(N3CCCC3=O)c2)C1=O. The van der Waals surface area contributed by atoms with Crippen molar-refractivity contribution in [1.29, 1.82) is 0 Å². The highest BCUT2D eigenvalue weighted by atomic mass is 16.6. The van der Waals surface area contributed by atoms with Crippen molar-refractivity contribution in [2.45, 2.75) is 25.3 Å². The van der Waals surface area contributed by atoms with Gasteiger partial charge in [-0.05, 0) is 49.2 Å². The van der Waals surface area contributed by atoms with Crippen LogP contribution < -0.4 is 25.0 Å². The number of benzene rings is 2. The average Bonchev–Trinajstić information content (AvgIpc) is 3.35. The Morgan fingerprint density at radius 3 is 2.65 bits per heavy atom. The highest BCUT2D eigenvalue weighted by Gasteiger charge is 2.49. The molecule has 3 heterocycles. The molecule has 10 nitrogen and oxygen atoms in total. The number of nitrogens with zero attached hydrogens (tertiary/aromatic N) is 2. The number of rotatable bonds is 5. The molecule has 176 valence electrons. The molecule has 0 aromatic heterocycles. The molecule has 2 aromatic rings. The summed E-state index contributed by atoms with van der Waals surface area (Å²) < 4.78 is 11.1. The molecule has 0 radical (unpaired) electrons. The first kappa shape index (κ1) is 21.7. The Balaban J connectivity index is 1.29. The van der Waals surface area contributed by atoms with Crippen LogP contribution in [0.3, 0.4) is 0 Å². The van der Waals surface area contributed by atoms with E-state index in [1.54, 1.807) is 54.3 Å². The second kappa shape index (κ2) is 8.36. The summed E-state index contributed by atoms with van der Waals surface area (Å²) in [4.78, 5) is 53.1. The lowest BCUT2D eigenvalue weighted by molar-refractivity contribution is -0.133. The van der Waals surface area contributed by atoms with E-state index in [2.05, 4.69) is 10.6 Å². The smallest absolute Gasteiger partial charge is 0.325 e. The van der Waals surface area contributed by atoms with E-state index >= 15 is 0 Å². The normalized spacial score (nSPS) is 21.6. The minimum Gasteiger partial charge on any atom is -0.486 e. The van der Waals surface area contributed by atoms with Crippen molar-refractivity contribution in [1.82, 2.24) is 10.2 Å². The number of urea groups is 1. The number of carbonyl (C=O) groups is 4. The van der Waals surface area contributed by atoms with Crippen LogP contribution in [0.15, 0.2) is 42.5 Å². The van der Waals surface area contributed by atoms with E-state index in [1.807, 2.05) is 0 Å². The predicted octanol–water partition coefficient (Wildman–Crippen LogP) is 1.99. The Hall–Kier alpha value is -4.08. The zero-order valence-corrected chi connectivity index (χ0v) is 18.6. The quantitative estimate of drug-likeness (QED) is 0.654. The summed E-state index contributed by atoms with van der Waals surface area (Å²) in [5.74, 6) is 0.0471. The van der Waals surface area contributed by atoms with Gasteiger partial charge in [0, 0.05) is 24.3 Å². The van der Waals surface area contributed by atoms with Crippen LogP contribution in [0, 0.1) is 0 Å². The highest BCUT2D eigenvalue weighted by Crippen LogP contribution is 2.36. The van der Waals surface area contributed by atoms with Crippen LogP contribution >= 0.6 is 0 Å². The number of anilines is 2. The van der Waals surface area contributed by atoms with Crippen molar-refractivity contribution in [2.24, 2.45) is 0 Å². The van der Waals surface area contributed by atoms with Gasteiger partial charge in [0.1, 0.15) is 25.3 Å². The molecule has 10 heteroatoms. The fourth-order valence-electron chi connectivity index (χ4n) is 4.41. The molecular weight excluding hydrogens is 440 g/mol. The third-order valence-corrected chi connectivity index (χ3v) is 6.21. The van der Waals surface area contributed by atoms with Crippen molar-refractivity contribution in [3.8, 4) is 11.5 Å². The van der Waals surface area contributed by atoms with E-state index < -0.39 is 29.9 Å². The molecule has 3 aliphatic rings. The summed E-state index contributed by atoms with van der Waals surface area (Å²) >= 11 is 0. The lowest BCUT2D eigenvalue weighted by atomic mass is 9.91. The summed E-state index contributed by atoms with van der Waals surface area (Å²) in [6, 6.07) is 11.3. The first-order valence-corrected chi connectivity index (χ1v) is 11.1. The number of hydrogen-bond acceptors (Lipinski definition) is 6. The molecule has 1 atom stereocenters. The van der Waals surface area contributed by atoms with Gasteiger partial charge in [0.2, 0.25) is 11.8 Å². The second-order valence-electron chi connectivity index (χ2n) is 8.55. The Labute approximate surface area is 195 Å². The molecular formula is C24H24N4O6. The summed E-state index contributed by atoms with van der Waals surface area (Å²) in [6.07, 6.45) is 1.30. The van der Waals surface area contributed by atoms with Gasteiger partial charge < -0.3 is 25.0 Å². The molecule has 0 bridgehead atoms. The molecule has 0 saturated carbocycles. The van der Waals surface area contributed by atoms with Gasteiger partial charge in [0.25, 0.3) is 5.91 Å². The summed E-state index contributed by atoms with van der Waals surface area (Å²) in [5, 5.41) is 5.40. The van der Waals surface area contributed by atoms with Gasteiger partial charge in [-0.3, -0.25) is 19.3 Å². The van der Waals surface area contributed by atoms with Gasteiger partial charge >= 0.3 is 6.03 Å². The number of hydrogen-bond donors (Lipinski definition) is 2. The van der Waals surface area contributed by atoms with Crippen LogP contribution in [0.5, 0.6) is 11.5 Å². The van der Waals surface area contributed by atoms with Crippen molar-refractivity contribution in [2.75, 3.05) is 36.5 Å². The standard InChI is InChI=1S/C24H24N4O6/c1-24(15-7-8-18-19(12-15)34-11-10-33-18)22(31)28(23(32)26-24)14-20(29)25-16-4-2-5-17(13-16)27-9-3-6-21(27)30/h2,4-5,7-8,12-13H,3,6,9-11,14H2,1H3,(H,25,29)(H,26,32). The van der Waals surface area contributed by atoms with Gasteiger partial charge in [-0.2, -0.15) is 0 Å². The molecule has 1 unspecified atom stereocenters. The van der Waals surface area contributed by atoms with Crippen molar-refractivity contribution in [3.63, 3.8) is 0 Å². The third kappa shape index (κ3) is 3.81. The second-order valence-corrected chi connectivity index (χ2v) is 8.55.